The van der Waals surface area contributed by atoms with Gasteiger partial charge < -0.3 is 49.4 Å². The average Bonchev–Trinajstić information content (AvgIpc) is 3.93. The maximum Gasteiger partial charge on any atom is 0.407 e. The molecule has 55 heavy (non-hydrogen) atoms. The van der Waals surface area contributed by atoms with Crippen LogP contribution in [0.2, 0.25) is 0 Å². The zero-order valence-corrected chi connectivity index (χ0v) is 32.5. The van der Waals surface area contributed by atoms with Crippen molar-refractivity contribution in [1.29, 1.82) is 0 Å². The van der Waals surface area contributed by atoms with E-state index in [1.54, 1.807) is 52.8 Å². The van der Waals surface area contributed by atoms with Crippen molar-refractivity contribution in [3.05, 3.63) is 47.0 Å². The van der Waals surface area contributed by atoms with Crippen LogP contribution in [-0.4, -0.2) is 116 Å². The highest BCUT2D eigenvalue weighted by atomic mass is 16.6. The number of rotatable bonds is 8. The number of carbonyl (C=O) groups is 5. The number of nitrogens with one attached hydrogen (secondary N) is 1. The van der Waals surface area contributed by atoms with Crippen molar-refractivity contribution in [3.8, 4) is 0 Å². The molecule has 1 aromatic rings. The SMILES string of the molecule is CC(=O)O[C@@]12CO[C@@H]1C[C@H](O)[C@@]1(C)C(=O)[C@H](O)C3=C(C)[C@@H](OC(=O)C(O)C(NC(=O)OC(C)(C)C)C4CC4)C[C@@](O)([C@@H](OC(=O)c4ccccc4)[C@H]21)C3(C)C. The van der Waals surface area contributed by atoms with Crippen molar-refractivity contribution in [2.45, 2.75) is 141 Å². The molecule has 1 heterocycles. The van der Waals surface area contributed by atoms with Crippen LogP contribution in [-0.2, 0) is 38.1 Å². The van der Waals surface area contributed by atoms with E-state index in [0.717, 1.165) is 6.92 Å². The van der Waals surface area contributed by atoms with Crippen LogP contribution >= 0.6 is 0 Å². The second kappa shape index (κ2) is 13.9. The van der Waals surface area contributed by atoms with Crippen LogP contribution in [0, 0.1) is 22.7 Å². The number of hydrogen-bond acceptors (Lipinski definition) is 14. The summed E-state index contributed by atoms with van der Waals surface area (Å²) in [6.07, 6.45) is -9.78. The maximum atomic E-state index is 14.9. The number of hydrogen-bond donors (Lipinski definition) is 5. The molecule has 4 aliphatic carbocycles. The van der Waals surface area contributed by atoms with Crippen molar-refractivity contribution in [2.75, 3.05) is 6.61 Å². The minimum absolute atomic E-state index is 0.0367. The normalized spacial score (nSPS) is 36.3. The first-order valence-corrected chi connectivity index (χ1v) is 18.8. The summed E-state index contributed by atoms with van der Waals surface area (Å²) in [7, 11) is 0. The van der Waals surface area contributed by atoms with Gasteiger partial charge in [-0.3, -0.25) is 9.59 Å². The minimum atomic E-state index is -2.31. The molecule has 15 nitrogen and oxygen atoms in total. The number of amides is 1. The summed E-state index contributed by atoms with van der Waals surface area (Å²) in [6.45, 7) is 11.9. The summed E-state index contributed by atoms with van der Waals surface area (Å²) in [5, 5.41) is 51.2. The van der Waals surface area contributed by atoms with Crippen LogP contribution in [0.3, 0.4) is 0 Å². The molecule has 0 radical (unpaired) electrons. The summed E-state index contributed by atoms with van der Waals surface area (Å²) in [5.41, 5.74) is -8.22. The van der Waals surface area contributed by atoms with Crippen molar-refractivity contribution >= 4 is 29.8 Å². The molecular weight excluding hydrogens is 718 g/mol. The monoisotopic (exact) mass is 771 g/mol. The van der Waals surface area contributed by atoms with Gasteiger partial charge in [0.15, 0.2) is 17.5 Å². The van der Waals surface area contributed by atoms with Gasteiger partial charge in [-0.05, 0) is 76.7 Å². The second-order valence-corrected chi connectivity index (χ2v) is 17.5. The molecule has 3 saturated carbocycles. The molecular formula is C40H53NO14. The largest absolute Gasteiger partial charge is 0.456 e. The van der Waals surface area contributed by atoms with Crippen LogP contribution in [0.15, 0.2) is 41.5 Å². The Labute approximate surface area is 319 Å². The summed E-state index contributed by atoms with van der Waals surface area (Å²) < 4.78 is 29.4. The number of fused-ring (bicyclic) bond motifs is 5. The van der Waals surface area contributed by atoms with E-state index in [0.29, 0.717) is 12.8 Å². The van der Waals surface area contributed by atoms with Gasteiger partial charge in [0.05, 0.1) is 35.6 Å². The van der Waals surface area contributed by atoms with Crippen molar-refractivity contribution in [1.82, 2.24) is 5.32 Å². The Morgan fingerprint density at radius 3 is 2.20 bits per heavy atom. The topological polar surface area (TPSA) is 224 Å². The van der Waals surface area contributed by atoms with Gasteiger partial charge in [-0.1, -0.05) is 32.0 Å². The van der Waals surface area contributed by atoms with Gasteiger partial charge >= 0.3 is 24.0 Å². The number of aliphatic hydroxyl groups excluding tert-OH is 3. The van der Waals surface area contributed by atoms with Crippen LogP contribution in [0.1, 0.15) is 91.4 Å². The van der Waals surface area contributed by atoms with E-state index in [4.69, 9.17) is 23.7 Å². The number of carbonyl (C=O) groups excluding carboxylic acids is 5. The quantitative estimate of drug-likeness (QED) is 0.145. The fourth-order valence-corrected chi connectivity index (χ4v) is 9.48. The molecule has 1 saturated heterocycles. The third-order valence-electron chi connectivity index (χ3n) is 12.6. The minimum Gasteiger partial charge on any atom is -0.456 e. The lowest BCUT2D eigenvalue weighted by Gasteiger charge is -2.67. The molecule has 0 spiro atoms. The van der Waals surface area contributed by atoms with Crippen molar-refractivity contribution in [3.63, 3.8) is 0 Å². The van der Waals surface area contributed by atoms with E-state index in [1.807, 2.05) is 0 Å². The molecule has 2 unspecified atom stereocenters. The lowest BCUT2D eigenvalue weighted by Crippen LogP contribution is -2.81. The van der Waals surface area contributed by atoms with Gasteiger partial charge in [-0.25, -0.2) is 14.4 Å². The fourth-order valence-electron chi connectivity index (χ4n) is 9.48. The average molecular weight is 772 g/mol. The number of Topliss-reactive ketones (excluding diaryl/α,β-unsaturated/α-hetero) is 1. The van der Waals surface area contributed by atoms with E-state index < -0.39 is 112 Å². The van der Waals surface area contributed by atoms with E-state index in [1.165, 1.54) is 26.0 Å². The maximum absolute atomic E-state index is 14.9. The molecule has 4 fully saturated rings. The Bertz CT molecular complexity index is 1770. The van der Waals surface area contributed by atoms with Crippen molar-refractivity contribution in [2.24, 2.45) is 22.7 Å². The Morgan fingerprint density at radius 1 is 1.02 bits per heavy atom. The Morgan fingerprint density at radius 2 is 1.65 bits per heavy atom. The highest BCUT2D eigenvalue weighted by Gasteiger charge is 2.78. The first-order valence-electron chi connectivity index (χ1n) is 18.8. The molecule has 15 heteroatoms. The predicted octanol–water partition coefficient (Wildman–Crippen LogP) is 2.30. The zero-order valence-electron chi connectivity index (χ0n) is 32.5. The lowest BCUT2D eigenvalue weighted by atomic mass is 9.44. The first kappa shape index (κ1) is 40.8. The summed E-state index contributed by atoms with van der Waals surface area (Å²) in [5.74, 6) is -5.46. The smallest absolute Gasteiger partial charge is 0.407 e. The number of alkyl carbamates (subject to hydrolysis) is 1. The van der Waals surface area contributed by atoms with Gasteiger partial charge in [0.2, 0.25) is 0 Å². The Balaban J connectivity index is 1.47. The van der Waals surface area contributed by atoms with Gasteiger partial charge in [0, 0.05) is 25.2 Å². The zero-order chi connectivity index (χ0) is 40.6. The van der Waals surface area contributed by atoms with Gasteiger partial charge in [0.1, 0.15) is 35.6 Å². The number of ketones is 1. The molecule has 6 rings (SSSR count). The molecule has 302 valence electrons. The molecule has 5 aliphatic rings. The highest BCUT2D eigenvalue weighted by Crippen LogP contribution is 2.64. The lowest BCUT2D eigenvalue weighted by molar-refractivity contribution is -0.346. The molecule has 2 bridgehead atoms. The van der Waals surface area contributed by atoms with Crippen molar-refractivity contribution < 1.29 is 68.1 Å². The Kier molecular flexibility index (Phi) is 10.3. The predicted molar refractivity (Wildman–Crippen MR) is 191 cm³/mol. The highest BCUT2D eigenvalue weighted by molar-refractivity contribution is 5.94. The number of benzene rings is 1. The Hall–Kier alpha value is -3.89. The molecule has 5 N–H and O–H groups in total. The van der Waals surface area contributed by atoms with Crippen LogP contribution in [0.5, 0.6) is 0 Å². The second-order valence-electron chi connectivity index (χ2n) is 17.5. The van der Waals surface area contributed by atoms with E-state index in [-0.39, 0.29) is 35.7 Å². The summed E-state index contributed by atoms with van der Waals surface area (Å²) in [6, 6.07) is 6.82. The number of esters is 3. The summed E-state index contributed by atoms with van der Waals surface area (Å²) in [4.78, 5) is 68.2. The van der Waals surface area contributed by atoms with Crippen LogP contribution in [0.25, 0.3) is 0 Å². The molecule has 1 amide bonds. The molecule has 1 aliphatic heterocycles. The van der Waals surface area contributed by atoms with E-state index in [2.05, 4.69) is 5.32 Å². The van der Waals surface area contributed by atoms with E-state index >= 15 is 0 Å². The standard InChI is InChI=1S/C40H53NO14/c1-19-23(52-34(48)29(45)27(21-14-15-21)41-35(49)55-36(3,4)5)17-40(50)32(53-33(47)22-12-10-9-11-13-22)30-38(8,31(46)28(44)26(19)37(40,6)7)24(43)16-25-39(30,18-51-25)54-20(2)42/h9-13,21,23-25,27-30,32,43-45,50H,14-18H2,1-8H3,(H,41,49)/t23-,24-,25+,27?,28+,29?,30-,32-,38+,39-,40+/m0/s1. The van der Waals surface area contributed by atoms with Gasteiger partial charge in [0.25, 0.3) is 0 Å². The molecule has 1 aromatic carbocycles. The number of ether oxygens (including phenoxy) is 5. The van der Waals surface area contributed by atoms with Crippen LogP contribution < -0.4 is 5.32 Å². The van der Waals surface area contributed by atoms with Gasteiger partial charge in [-0.2, -0.15) is 0 Å². The molecule has 11 atom stereocenters. The third-order valence-corrected chi connectivity index (χ3v) is 12.6. The third kappa shape index (κ3) is 6.75. The van der Waals surface area contributed by atoms with Crippen LogP contribution in [0.4, 0.5) is 4.79 Å². The van der Waals surface area contributed by atoms with E-state index in [9.17, 15) is 44.4 Å². The molecule has 0 aromatic heterocycles. The van der Waals surface area contributed by atoms with Gasteiger partial charge in [-0.15, -0.1) is 0 Å². The first-order chi connectivity index (χ1) is 25.5. The number of aliphatic hydroxyl groups is 4. The fraction of sp³-hybridized carbons (Fsp3) is 0.675. The summed E-state index contributed by atoms with van der Waals surface area (Å²) >= 11 is 0.